The van der Waals surface area contributed by atoms with Crippen LogP contribution in [0.2, 0.25) is 0 Å². The van der Waals surface area contributed by atoms with Crippen LogP contribution in [0.15, 0.2) is 30.9 Å². The van der Waals surface area contributed by atoms with Crippen molar-refractivity contribution in [1.82, 2.24) is 0 Å². The molecule has 0 spiro atoms. The van der Waals surface area contributed by atoms with E-state index in [1.54, 1.807) is 0 Å². The van der Waals surface area contributed by atoms with Gasteiger partial charge < -0.3 is 5.32 Å². The summed E-state index contributed by atoms with van der Waals surface area (Å²) in [5.74, 6) is -0.637. The van der Waals surface area contributed by atoms with Crippen LogP contribution < -0.4 is 5.32 Å². The number of nitro benzene ring substituents is 2. The Kier molecular flexibility index (Phi) is 3.50. The van der Waals surface area contributed by atoms with E-state index in [1.165, 1.54) is 0 Å². The third-order valence-electron chi connectivity index (χ3n) is 1.83. The number of carbonyl (C=O) groups excluding carboxylic acids is 1. The van der Waals surface area contributed by atoms with Crippen LogP contribution in [-0.2, 0) is 4.79 Å². The van der Waals surface area contributed by atoms with E-state index < -0.39 is 27.1 Å². The fourth-order valence-electron chi connectivity index (χ4n) is 1.07. The van der Waals surface area contributed by atoms with Gasteiger partial charge in [-0.25, -0.2) is 0 Å². The lowest BCUT2D eigenvalue weighted by atomic mass is 10.2. The van der Waals surface area contributed by atoms with Gasteiger partial charge in [0.25, 0.3) is 11.4 Å². The Morgan fingerprint density at radius 2 is 1.94 bits per heavy atom. The highest BCUT2D eigenvalue weighted by Crippen LogP contribution is 2.28. The van der Waals surface area contributed by atoms with Crippen LogP contribution in [0, 0.1) is 20.2 Å². The summed E-state index contributed by atoms with van der Waals surface area (Å²) in [6.07, 6.45) is 0.936. The number of rotatable bonds is 4. The third-order valence-corrected chi connectivity index (χ3v) is 1.83. The molecule has 0 aliphatic rings. The molecule has 1 aromatic carbocycles. The first-order valence-electron chi connectivity index (χ1n) is 4.32. The first-order chi connectivity index (χ1) is 7.95. The summed E-state index contributed by atoms with van der Waals surface area (Å²) in [5.41, 5.74) is -1.09. The SMILES string of the molecule is C=CC(=O)Nc1ccc([N+](=O)[O-])cc1[N+](=O)[O-]. The molecule has 0 aromatic heterocycles. The summed E-state index contributed by atoms with van der Waals surface area (Å²) in [6, 6.07) is 2.93. The van der Waals surface area contributed by atoms with Crippen molar-refractivity contribution < 1.29 is 14.6 Å². The number of anilines is 1. The summed E-state index contributed by atoms with van der Waals surface area (Å²) in [5, 5.41) is 23.3. The zero-order valence-corrected chi connectivity index (χ0v) is 8.45. The second kappa shape index (κ2) is 4.84. The van der Waals surface area contributed by atoms with E-state index in [0.717, 1.165) is 24.3 Å². The Balaban J connectivity index is 3.22. The van der Waals surface area contributed by atoms with Gasteiger partial charge in [0, 0.05) is 6.07 Å². The van der Waals surface area contributed by atoms with Crippen molar-refractivity contribution in [3.63, 3.8) is 0 Å². The molecule has 0 fully saturated rings. The molecule has 0 saturated heterocycles. The van der Waals surface area contributed by atoms with Crippen LogP contribution in [-0.4, -0.2) is 15.8 Å². The van der Waals surface area contributed by atoms with Gasteiger partial charge in [0.15, 0.2) is 0 Å². The minimum absolute atomic E-state index is 0.120. The molecule has 88 valence electrons. The number of nitro groups is 2. The van der Waals surface area contributed by atoms with Gasteiger partial charge in [0.05, 0.1) is 15.9 Å². The van der Waals surface area contributed by atoms with E-state index in [4.69, 9.17) is 0 Å². The van der Waals surface area contributed by atoms with Crippen molar-refractivity contribution in [2.24, 2.45) is 0 Å². The lowest BCUT2D eigenvalue weighted by molar-refractivity contribution is -0.393. The molecule has 1 aromatic rings. The van der Waals surface area contributed by atoms with Crippen LogP contribution in [0.1, 0.15) is 0 Å². The van der Waals surface area contributed by atoms with Crippen LogP contribution in [0.5, 0.6) is 0 Å². The quantitative estimate of drug-likeness (QED) is 0.485. The van der Waals surface area contributed by atoms with Gasteiger partial charge in [0.1, 0.15) is 5.69 Å². The van der Waals surface area contributed by atoms with Gasteiger partial charge >= 0.3 is 0 Å². The first kappa shape index (κ1) is 12.3. The van der Waals surface area contributed by atoms with Crippen molar-refractivity contribution in [1.29, 1.82) is 0 Å². The van der Waals surface area contributed by atoms with Gasteiger partial charge in [-0.2, -0.15) is 0 Å². The van der Waals surface area contributed by atoms with Crippen LogP contribution in [0.3, 0.4) is 0 Å². The van der Waals surface area contributed by atoms with Crippen molar-refractivity contribution in [2.75, 3.05) is 5.32 Å². The summed E-state index contributed by atoms with van der Waals surface area (Å²) in [4.78, 5) is 30.5. The Morgan fingerprint density at radius 1 is 1.29 bits per heavy atom. The predicted molar refractivity (Wildman–Crippen MR) is 58.6 cm³/mol. The standard InChI is InChI=1S/C9H7N3O5/c1-2-9(13)10-7-4-3-6(11(14)15)5-8(7)12(16)17/h2-5H,1H2,(H,10,13). The van der Waals surface area contributed by atoms with Gasteiger partial charge in [-0.05, 0) is 12.1 Å². The topological polar surface area (TPSA) is 115 Å². The Morgan fingerprint density at radius 3 is 2.41 bits per heavy atom. The molecule has 0 atom stereocenters. The normalized spacial score (nSPS) is 9.41. The van der Waals surface area contributed by atoms with Gasteiger partial charge in [-0.1, -0.05) is 6.58 Å². The number of non-ortho nitro benzene ring substituents is 1. The number of hydrogen-bond acceptors (Lipinski definition) is 5. The van der Waals surface area contributed by atoms with Crippen LogP contribution in [0.4, 0.5) is 17.1 Å². The maximum atomic E-state index is 11.0. The minimum Gasteiger partial charge on any atom is -0.317 e. The maximum absolute atomic E-state index is 11.0. The maximum Gasteiger partial charge on any atom is 0.299 e. The molecule has 0 heterocycles. The molecule has 17 heavy (non-hydrogen) atoms. The second-order valence-corrected chi connectivity index (χ2v) is 2.91. The van der Waals surface area contributed by atoms with Crippen molar-refractivity contribution in [3.05, 3.63) is 51.1 Å². The highest BCUT2D eigenvalue weighted by atomic mass is 16.6. The second-order valence-electron chi connectivity index (χ2n) is 2.91. The van der Waals surface area contributed by atoms with Crippen LogP contribution in [0.25, 0.3) is 0 Å². The van der Waals surface area contributed by atoms with E-state index in [9.17, 15) is 25.0 Å². The number of hydrogen-bond donors (Lipinski definition) is 1. The molecule has 8 nitrogen and oxygen atoms in total. The number of nitrogens with zero attached hydrogens (tertiary/aromatic N) is 2. The summed E-state index contributed by atoms with van der Waals surface area (Å²) < 4.78 is 0. The largest absolute Gasteiger partial charge is 0.317 e. The van der Waals surface area contributed by atoms with Crippen molar-refractivity contribution in [2.45, 2.75) is 0 Å². The lowest BCUT2D eigenvalue weighted by Crippen LogP contribution is -2.09. The number of benzene rings is 1. The Hall–Kier alpha value is -2.77. The fourth-order valence-corrected chi connectivity index (χ4v) is 1.07. The zero-order valence-electron chi connectivity index (χ0n) is 8.45. The zero-order chi connectivity index (χ0) is 13.0. The minimum atomic E-state index is -0.814. The molecule has 0 bridgehead atoms. The smallest absolute Gasteiger partial charge is 0.299 e. The number of amides is 1. The number of nitrogens with one attached hydrogen (secondary N) is 1. The first-order valence-corrected chi connectivity index (χ1v) is 4.32. The van der Waals surface area contributed by atoms with Crippen LogP contribution >= 0.6 is 0 Å². The van der Waals surface area contributed by atoms with E-state index >= 15 is 0 Å². The fraction of sp³-hybridized carbons (Fsp3) is 0. The summed E-state index contributed by atoms with van der Waals surface area (Å²) >= 11 is 0. The number of carbonyl (C=O) groups is 1. The molecular formula is C9H7N3O5. The van der Waals surface area contributed by atoms with E-state index in [1.807, 2.05) is 0 Å². The molecule has 0 unspecified atom stereocenters. The van der Waals surface area contributed by atoms with Crippen molar-refractivity contribution in [3.8, 4) is 0 Å². The molecule has 1 rings (SSSR count). The molecule has 0 radical (unpaired) electrons. The summed E-state index contributed by atoms with van der Waals surface area (Å²) in [7, 11) is 0. The molecule has 0 aliphatic heterocycles. The Labute approximate surface area is 94.9 Å². The van der Waals surface area contributed by atoms with E-state index in [2.05, 4.69) is 11.9 Å². The highest BCUT2D eigenvalue weighted by molar-refractivity contribution is 6.00. The van der Waals surface area contributed by atoms with E-state index in [-0.39, 0.29) is 5.69 Å². The summed E-state index contributed by atoms with van der Waals surface area (Å²) in [6.45, 7) is 3.19. The molecule has 1 amide bonds. The predicted octanol–water partition coefficient (Wildman–Crippen LogP) is 1.63. The molecule has 8 heteroatoms. The lowest BCUT2D eigenvalue weighted by Gasteiger charge is -2.02. The Bertz CT molecular complexity index is 511. The molecule has 1 N–H and O–H groups in total. The van der Waals surface area contributed by atoms with Crippen molar-refractivity contribution >= 4 is 23.0 Å². The highest BCUT2D eigenvalue weighted by Gasteiger charge is 2.19. The molecule has 0 saturated carbocycles. The van der Waals surface area contributed by atoms with Gasteiger partial charge in [-0.3, -0.25) is 25.0 Å². The van der Waals surface area contributed by atoms with Gasteiger partial charge in [-0.15, -0.1) is 0 Å². The van der Waals surface area contributed by atoms with E-state index in [0.29, 0.717) is 0 Å². The molecule has 0 aliphatic carbocycles. The average Bonchev–Trinajstić information content (AvgIpc) is 2.28. The molecular weight excluding hydrogens is 230 g/mol. The average molecular weight is 237 g/mol. The third kappa shape index (κ3) is 2.84. The van der Waals surface area contributed by atoms with Gasteiger partial charge in [0.2, 0.25) is 5.91 Å². The monoisotopic (exact) mass is 237 g/mol.